The second-order valence-electron chi connectivity index (χ2n) is 5.95. The minimum atomic E-state index is -4.63. The summed E-state index contributed by atoms with van der Waals surface area (Å²) in [6.07, 6.45) is -0.946. The summed E-state index contributed by atoms with van der Waals surface area (Å²) in [5.74, 6) is 1.18. The number of nitrogens with one attached hydrogen (secondary N) is 1. The molecule has 1 saturated carbocycles. The van der Waals surface area contributed by atoms with Crippen LogP contribution in [0.4, 0.5) is 13.2 Å². The lowest BCUT2D eigenvalue weighted by molar-refractivity contribution is -0.274. The predicted molar refractivity (Wildman–Crippen MR) is 75.9 cm³/mol. The fraction of sp³-hybridized carbons (Fsp3) is 0.625. The maximum Gasteiger partial charge on any atom is 0.573 e. The highest BCUT2D eigenvalue weighted by Gasteiger charge is 2.31. The number of benzene rings is 1. The Balaban J connectivity index is 1.86. The molecule has 118 valence electrons. The van der Waals surface area contributed by atoms with Crippen LogP contribution in [-0.2, 0) is 6.54 Å². The molecule has 1 aliphatic carbocycles. The molecule has 1 N–H and O–H groups in total. The molecular weight excluding hydrogens is 279 g/mol. The average molecular weight is 301 g/mol. The maximum absolute atomic E-state index is 12.1. The number of ether oxygens (including phenoxy) is 1. The molecule has 1 fully saturated rings. The lowest BCUT2D eigenvalue weighted by Gasteiger charge is -2.34. The van der Waals surface area contributed by atoms with Gasteiger partial charge in [-0.15, -0.1) is 13.2 Å². The molecular formula is C16H22F3NO. The zero-order valence-corrected chi connectivity index (χ0v) is 12.4. The normalized spacial score (nSPS) is 26.6. The minimum Gasteiger partial charge on any atom is -0.406 e. The van der Waals surface area contributed by atoms with Gasteiger partial charge in [-0.3, -0.25) is 0 Å². The van der Waals surface area contributed by atoms with Gasteiger partial charge in [0.25, 0.3) is 0 Å². The van der Waals surface area contributed by atoms with E-state index in [9.17, 15) is 13.2 Å². The number of rotatable bonds is 4. The van der Waals surface area contributed by atoms with E-state index < -0.39 is 6.36 Å². The zero-order valence-electron chi connectivity index (χ0n) is 12.4. The maximum atomic E-state index is 12.1. The van der Waals surface area contributed by atoms with Crippen LogP contribution in [0.1, 0.15) is 38.7 Å². The first-order valence-electron chi connectivity index (χ1n) is 7.43. The van der Waals surface area contributed by atoms with Gasteiger partial charge in [-0.05, 0) is 36.0 Å². The average Bonchev–Trinajstić information content (AvgIpc) is 2.40. The minimum absolute atomic E-state index is 0.175. The molecule has 1 aliphatic rings. The molecule has 3 unspecified atom stereocenters. The molecule has 0 bridgehead atoms. The highest BCUT2D eigenvalue weighted by atomic mass is 19.4. The molecule has 1 aromatic rings. The lowest BCUT2D eigenvalue weighted by atomic mass is 9.78. The van der Waals surface area contributed by atoms with Crippen LogP contribution in [0.5, 0.6) is 5.75 Å². The SMILES string of the molecule is CC1CCCC(NCc2ccc(OC(F)(F)F)cc2)C1C. The summed E-state index contributed by atoms with van der Waals surface area (Å²) in [4.78, 5) is 0. The van der Waals surface area contributed by atoms with E-state index in [0.717, 1.165) is 11.5 Å². The monoisotopic (exact) mass is 301 g/mol. The van der Waals surface area contributed by atoms with Crippen molar-refractivity contribution in [3.63, 3.8) is 0 Å². The Morgan fingerprint density at radius 2 is 1.81 bits per heavy atom. The van der Waals surface area contributed by atoms with Gasteiger partial charge in [-0.25, -0.2) is 0 Å². The van der Waals surface area contributed by atoms with Gasteiger partial charge in [0.2, 0.25) is 0 Å². The molecule has 3 atom stereocenters. The fourth-order valence-corrected chi connectivity index (χ4v) is 2.93. The first-order valence-corrected chi connectivity index (χ1v) is 7.43. The summed E-state index contributed by atoms with van der Waals surface area (Å²) in [6.45, 7) is 5.22. The molecule has 0 saturated heterocycles. The Bertz CT molecular complexity index is 444. The van der Waals surface area contributed by atoms with Gasteiger partial charge in [-0.2, -0.15) is 0 Å². The van der Waals surface area contributed by atoms with Crippen LogP contribution in [0, 0.1) is 11.8 Å². The summed E-state index contributed by atoms with van der Waals surface area (Å²) in [5.41, 5.74) is 0.968. The Labute approximate surface area is 123 Å². The van der Waals surface area contributed by atoms with E-state index in [2.05, 4.69) is 23.9 Å². The topological polar surface area (TPSA) is 21.3 Å². The van der Waals surface area contributed by atoms with Crippen LogP contribution in [-0.4, -0.2) is 12.4 Å². The van der Waals surface area contributed by atoms with E-state index in [1.165, 1.54) is 31.4 Å². The van der Waals surface area contributed by atoms with Crippen molar-refractivity contribution in [3.8, 4) is 5.75 Å². The van der Waals surface area contributed by atoms with Crippen LogP contribution in [0.15, 0.2) is 24.3 Å². The first-order chi connectivity index (χ1) is 9.85. The molecule has 5 heteroatoms. The Morgan fingerprint density at radius 3 is 2.43 bits per heavy atom. The lowest BCUT2D eigenvalue weighted by Crippen LogP contribution is -2.40. The van der Waals surface area contributed by atoms with E-state index in [4.69, 9.17) is 0 Å². The van der Waals surface area contributed by atoms with Crippen LogP contribution in [0.3, 0.4) is 0 Å². The van der Waals surface area contributed by atoms with Gasteiger partial charge in [-0.1, -0.05) is 38.8 Å². The molecule has 0 aliphatic heterocycles. The van der Waals surface area contributed by atoms with Crippen molar-refractivity contribution >= 4 is 0 Å². The fourth-order valence-electron chi connectivity index (χ4n) is 2.93. The van der Waals surface area contributed by atoms with Crippen molar-refractivity contribution in [1.29, 1.82) is 0 Å². The van der Waals surface area contributed by atoms with Gasteiger partial charge in [0.05, 0.1) is 0 Å². The summed E-state index contributed by atoms with van der Waals surface area (Å²) >= 11 is 0. The molecule has 0 amide bonds. The number of halogens is 3. The number of hydrogen-bond donors (Lipinski definition) is 1. The third kappa shape index (κ3) is 4.92. The highest BCUT2D eigenvalue weighted by molar-refractivity contribution is 5.27. The summed E-state index contributed by atoms with van der Waals surface area (Å²) in [6, 6.07) is 6.55. The van der Waals surface area contributed by atoms with Crippen LogP contribution in [0.25, 0.3) is 0 Å². The van der Waals surface area contributed by atoms with E-state index in [1.807, 2.05) is 0 Å². The van der Waals surface area contributed by atoms with Crippen molar-refractivity contribution in [2.75, 3.05) is 0 Å². The molecule has 0 heterocycles. The van der Waals surface area contributed by atoms with Crippen molar-refractivity contribution < 1.29 is 17.9 Å². The van der Waals surface area contributed by atoms with Gasteiger partial charge in [0.15, 0.2) is 0 Å². The van der Waals surface area contributed by atoms with Crippen LogP contribution in [0.2, 0.25) is 0 Å². The van der Waals surface area contributed by atoms with Crippen LogP contribution >= 0.6 is 0 Å². The van der Waals surface area contributed by atoms with E-state index in [1.54, 1.807) is 12.1 Å². The van der Waals surface area contributed by atoms with Crippen molar-refractivity contribution in [3.05, 3.63) is 29.8 Å². The van der Waals surface area contributed by atoms with Crippen molar-refractivity contribution in [2.45, 2.75) is 52.1 Å². The second kappa shape index (κ2) is 6.69. The molecule has 0 aromatic heterocycles. The van der Waals surface area contributed by atoms with Gasteiger partial charge >= 0.3 is 6.36 Å². The summed E-state index contributed by atoms with van der Waals surface area (Å²) in [5, 5.41) is 3.52. The second-order valence-corrected chi connectivity index (χ2v) is 5.95. The molecule has 2 nitrogen and oxygen atoms in total. The third-order valence-electron chi connectivity index (χ3n) is 4.43. The smallest absolute Gasteiger partial charge is 0.406 e. The Hall–Kier alpha value is -1.23. The molecule has 1 aromatic carbocycles. The van der Waals surface area contributed by atoms with Gasteiger partial charge in [0, 0.05) is 12.6 Å². The number of hydrogen-bond acceptors (Lipinski definition) is 2. The van der Waals surface area contributed by atoms with Crippen molar-refractivity contribution in [2.24, 2.45) is 11.8 Å². The quantitative estimate of drug-likeness (QED) is 0.884. The standard InChI is InChI=1S/C16H22F3NO/c1-11-4-3-5-15(12(11)2)20-10-13-6-8-14(9-7-13)21-16(17,18)19/h6-9,11-12,15,20H,3-5,10H2,1-2H3. The van der Waals surface area contributed by atoms with Gasteiger partial charge < -0.3 is 10.1 Å². The van der Waals surface area contributed by atoms with E-state index in [-0.39, 0.29) is 5.75 Å². The Morgan fingerprint density at radius 1 is 1.14 bits per heavy atom. The highest BCUT2D eigenvalue weighted by Crippen LogP contribution is 2.29. The van der Waals surface area contributed by atoms with Crippen molar-refractivity contribution in [1.82, 2.24) is 5.32 Å². The molecule has 21 heavy (non-hydrogen) atoms. The van der Waals surface area contributed by atoms with Crippen LogP contribution < -0.4 is 10.1 Å². The molecule has 0 spiro atoms. The third-order valence-corrected chi connectivity index (χ3v) is 4.43. The largest absolute Gasteiger partial charge is 0.573 e. The zero-order chi connectivity index (χ0) is 15.5. The van der Waals surface area contributed by atoms with E-state index in [0.29, 0.717) is 18.5 Å². The molecule has 2 rings (SSSR count). The predicted octanol–water partition coefficient (Wildman–Crippen LogP) is 4.50. The van der Waals surface area contributed by atoms with Gasteiger partial charge in [0.1, 0.15) is 5.75 Å². The van der Waals surface area contributed by atoms with E-state index >= 15 is 0 Å². The number of alkyl halides is 3. The first kappa shape index (κ1) is 16.1. The Kier molecular flexibility index (Phi) is 5.14. The summed E-state index contributed by atoms with van der Waals surface area (Å²) < 4.78 is 40.1. The summed E-state index contributed by atoms with van der Waals surface area (Å²) in [7, 11) is 0. The molecule has 0 radical (unpaired) electrons.